The Morgan fingerprint density at radius 3 is 2.29 bits per heavy atom. The second-order valence-electron chi connectivity index (χ2n) is 8.06. The summed E-state index contributed by atoms with van der Waals surface area (Å²) in [6.07, 6.45) is 6.58. The zero-order valence-corrected chi connectivity index (χ0v) is 17.5. The highest BCUT2D eigenvalue weighted by molar-refractivity contribution is 5.86. The summed E-state index contributed by atoms with van der Waals surface area (Å²) < 4.78 is 57.9. The lowest BCUT2D eigenvalue weighted by Crippen LogP contribution is -2.06. The third-order valence-electron chi connectivity index (χ3n) is 5.91. The number of halogens is 4. The van der Waals surface area contributed by atoms with Crippen molar-refractivity contribution >= 4 is 11.6 Å². The molecule has 0 saturated carbocycles. The molecular formula is C27H24F4. The maximum atomic E-state index is 15.2. The van der Waals surface area contributed by atoms with Crippen molar-refractivity contribution in [3.63, 3.8) is 0 Å². The smallest absolute Gasteiger partial charge is 0.137 e. The minimum Gasteiger partial charge on any atom is -0.207 e. The van der Waals surface area contributed by atoms with Gasteiger partial charge >= 0.3 is 0 Å². The lowest BCUT2D eigenvalue weighted by atomic mass is 9.85. The number of aryl methyl sites for hydroxylation is 1. The molecule has 0 unspecified atom stereocenters. The fraction of sp³-hybridized carbons (Fsp3) is 0.259. The van der Waals surface area contributed by atoms with Gasteiger partial charge in [0.1, 0.15) is 23.3 Å². The van der Waals surface area contributed by atoms with E-state index in [9.17, 15) is 13.2 Å². The molecule has 0 atom stereocenters. The number of hydrogen-bond donors (Lipinski definition) is 0. The topological polar surface area (TPSA) is 0 Å². The van der Waals surface area contributed by atoms with E-state index in [0.29, 0.717) is 35.1 Å². The highest BCUT2D eigenvalue weighted by atomic mass is 19.1. The van der Waals surface area contributed by atoms with Gasteiger partial charge in [0.2, 0.25) is 0 Å². The predicted octanol–water partition coefficient (Wildman–Crippen LogP) is 8.13. The Kier molecular flexibility index (Phi) is 6.26. The van der Waals surface area contributed by atoms with Gasteiger partial charge in [0, 0.05) is 5.56 Å². The quantitative estimate of drug-likeness (QED) is 0.277. The van der Waals surface area contributed by atoms with Gasteiger partial charge in [0.15, 0.2) is 0 Å². The summed E-state index contributed by atoms with van der Waals surface area (Å²) in [6.45, 7) is 2.13. The predicted molar refractivity (Wildman–Crippen MR) is 118 cm³/mol. The number of unbranched alkanes of at least 4 members (excludes halogenated alkanes) is 2. The van der Waals surface area contributed by atoms with Crippen LogP contribution in [0.5, 0.6) is 0 Å². The molecule has 0 aromatic heterocycles. The monoisotopic (exact) mass is 424 g/mol. The Labute approximate surface area is 180 Å². The molecule has 4 heteroatoms. The van der Waals surface area contributed by atoms with Crippen molar-refractivity contribution in [1.29, 1.82) is 0 Å². The summed E-state index contributed by atoms with van der Waals surface area (Å²) in [5.41, 5.74) is 3.14. The second kappa shape index (κ2) is 9.09. The Hall–Kier alpha value is -2.88. The molecule has 0 N–H and O–H groups in total. The van der Waals surface area contributed by atoms with E-state index < -0.39 is 17.5 Å². The summed E-state index contributed by atoms with van der Waals surface area (Å²) in [4.78, 5) is 0. The molecule has 0 aliphatic heterocycles. The molecule has 0 nitrogen and oxygen atoms in total. The Balaban J connectivity index is 1.67. The molecule has 3 aromatic rings. The zero-order chi connectivity index (χ0) is 22.0. The third kappa shape index (κ3) is 4.43. The van der Waals surface area contributed by atoms with Gasteiger partial charge in [-0.3, -0.25) is 0 Å². The fourth-order valence-corrected chi connectivity index (χ4v) is 4.23. The first kappa shape index (κ1) is 21.4. The largest absolute Gasteiger partial charge is 0.207 e. The molecule has 0 heterocycles. The first-order valence-electron chi connectivity index (χ1n) is 10.7. The number of benzene rings is 3. The normalized spacial score (nSPS) is 13.1. The molecule has 160 valence electrons. The van der Waals surface area contributed by atoms with Gasteiger partial charge in [-0.05, 0) is 77.8 Å². The van der Waals surface area contributed by atoms with Crippen LogP contribution < -0.4 is 0 Å². The molecule has 31 heavy (non-hydrogen) atoms. The van der Waals surface area contributed by atoms with Gasteiger partial charge < -0.3 is 0 Å². The zero-order valence-electron chi connectivity index (χ0n) is 17.5. The van der Waals surface area contributed by atoms with Crippen LogP contribution in [0.4, 0.5) is 17.6 Å². The Morgan fingerprint density at radius 1 is 0.806 bits per heavy atom. The SMILES string of the molecule is CCCCCc1ccc(C2=Cc3cc(F)c(-c4ccc(F)cc4)c(F)c3CC2)c(F)c1. The van der Waals surface area contributed by atoms with Crippen molar-refractivity contribution in [2.75, 3.05) is 0 Å². The van der Waals surface area contributed by atoms with Crippen LogP contribution >= 0.6 is 0 Å². The van der Waals surface area contributed by atoms with E-state index in [1.54, 1.807) is 18.2 Å². The number of hydrogen-bond acceptors (Lipinski definition) is 0. The average Bonchev–Trinajstić information content (AvgIpc) is 2.75. The molecule has 4 rings (SSSR count). The number of allylic oxidation sites excluding steroid dienone is 1. The van der Waals surface area contributed by atoms with Crippen LogP contribution in [0.2, 0.25) is 0 Å². The van der Waals surface area contributed by atoms with E-state index in [4.69, 9.17) is 0 Å². The van der Waals surface area contributed by atoms with Crippen molar-refractivity contribution in [2.45, 2.75) is 45.4 Å². The minimum absolute atomic E-state index is 0.154. The van der Waals surface area contributed by atoms with E-state index in [0.717, 1.165) is 36.8 Å². The van der Waals surface area contributed by atoms with Crippen LogP contribution in [-0.2, 0) is 12.8 Å². The summed E-state index contributed by atoms with van der Waals surface area (Å²) >= 11 is 0. The molecule has 1 aliphatic rings. The standard InChI is InChI=1S/C27H24F4/c1-2-3-4-5-17-6-12-22(24(29)14-17)19-9-13-23-20(15-19)16-25(30)26(27(23)31)18-7-10-21(28)11-8-18/h6-8,10-12,14-16H,2-5,9,13H2,1H3. The molecule has 0 spiro atoms. The highest BCUT2D eigenvalue weighted by Gasteiger charge is 2.23. The molecule has 0 radical (unpaired) electrons. The molecule has 0 fully saturated rings. The van der Waals surface area contributed by atoms with Crippen LogP contribution in [0.3, 0.4) is 0 Å². The first-order valence-corrected chi connectivity index (χ1v) is 10.7. The molecule has 3 aromatic carbocycles. The number of fused-ring (bicyclic) bond motifs is 1. The van der Waals surface area contributed by atoms with Gasteiger partial charge in [-0.25, -0.2) is 17.6 Å². The Morgan fingerprint density at radius 2 is 1.58 bits per heavy atom. The van der Waals surface area contributed by atoms with Crippen LogP contribution in [0.15, 0.2) is 48.5 Å². The summed E-state index contributed by atoms with van der Waals surface area (Å²) in [6, 6.07) is 11.7. The Bertz CT molecular complexity index is 1130. The van der Waals surface area contributed by atoms with Crippen molar-refractivity contribution in [3.05, 3.63) is 94.1 Å². The van der Waals surface area contributed by atoms with E-state index in [2.05, 4.69) is 6.92 Å². The number of rotatable bonds is 6. The van der Waals surface area contributed by atoms with Gasteiger partial charge in [-0.2, -0.15) is 0 Å². The van der Waals surface area contributed by atoms with Crippen molar-refractivity contribution in [3.8, 4) is 11.1 Å². The van der Waals surface area contributed by atoms with Crippen LogP contribution in [0.25, 0.3) is 22.8 Å². The van der Waals surface area contributed by atoms with Crippen LogP contribution in [-0.4, -0.2) is 0 Å². The summed E-state index contributed by atoms with van der Waals surface area (Å²) in [5, 5.41) is 0. The van der Waals surface area contributed by atoms with Crippen LogP contribution in [0, 0.1) is 23.3 Å². The maximum absolute atomic E-state index is 15.2. The van der Waals surface area contributed by atoms with Crippen molar-refractivity contribution in [1.82, 2.24) is 0 Å². The summed E-state index contributed by atoms with van der Waals surface area (Å²) in [5.74, 6) is -2.11. The van der Waals surface area contributed by atoms with Crippen molar-refractivity contribution < 1.29 is 17.6 Å². The molecule has 0 bridgehead atoms. The van der Waals surface area contributed by atoms with E-state index >= 15 is 4.39 Å². The van der Waals surface area contributed by atoms with Gasteiger partial charge in [0.25, 0.3) is 0 Å². The summed E-state index contributed by atoms with van der Waals surface area (Å²) in [7, 11) is 0. The molecule has 1 aliphatic carbocycles. The molecule has 0 saturated heterocycles. The van der Waals surface area contributed by atoms with E-state index in [-0.39, 0.29) is 11.4 Å². The van der Waals surface area contributed by atoms with Crippen LogP contribution in [0.1, 0.15) is 54.9 Å². The lowest BCUT2D eigenvalue weighted by Gasteiger charge is -2.20. The third-order valence-corrected chi connectivity index (χ3v) is 5.91. The molecule has 0 amide bonds. The second-order valence-corrected chi connectivity index (χ2v) is 8.06. The fourth-order valence-electron chi connectivity index (χ4n) is 4.23. The lowest BCUT2D eigenvalue weighted by molar-refractivity contribution is 0.576. The van der Waals surface area contributed by atoms with E-state index in [1.165, 1.54) is 30.3 Å². The van der Waals surface area contributed by atoms with Gasteiger partial charge in [0.05, 0.1) is 5.56 Å². The average molecular weight is 424 g/mol. The highest BCUT2D eigenvalue weighted by Crippen LogP contribution is 2.38. The van der Waals surface area contributed by atoms with Crippen molar-refractivity contribution in [2.24, 2.45) is 0 Å². The minimum atomic E-state index is -0.716. The van der Waals surface area contributed by atoms with E-state index in [1.807, 2.05) is 6.07 Å². The van der Waals surface area contributed by atoms with Gasteiger partial charge in [-0.1, -0.05) is 50.1 Å². The molecular weight excluding hydrogens is 400 g/mol. The first-order chi connectivity index (χ1) is 15.0. The van der Waals surface area contributed by atoms with Gasteiger partial charge in [-0.15, -0.1) is 0 Å². The maximum Gasteiger partial charge on any atom is 0.137 e.